The largest absolute Gasteiger partial charge is 0.381 e. The molecule has 0 fully saturated rings. The second kappa shape index (κ2) is 3.55. The Morgan fingerprint density at radius 1 is 1.12 bits per heavy atom. The van der Waals surface area contributed by atoms with Crippen LogP contribution in [0.4, 0.5) is 5.82 Å². The summed E-state index contributed by atoms with van der Waals surface area (Å²) < 4.78 is 5.21. The molecule has 0 aliphatic heterocycles. The molecule has 2 N–H and O–H groups in total. The Labute approximate surface area is 97.3 Å². The van der Waals surface area contributed by atoms with Gasteiger partial charge in [0.15, 0.2) is 11.6 Å². The summed E-state index contributed by atoms with van der Waals surface area (Å²) in [5, 5.41) is 3.74. The van der Waals surface area contributed by atoms with Crippen molar-refractivity contribution in [2.75, 3.05) is 5.73 Å². The molecule has 0 amide bonds. The van der Waals surface area contributed by atoms with Gasteiger partial charge in [-0.05, 0) is 25.1 Å². The minimum Gasteiger partial charge on any atom is -0.381 e. The standard InChI is InChI=1S/C12H10N4O/c1-7-11(17-16-12(7)13)8-2-3-9-10(6-8)15-5-4-14-9/h2-6H,1H3,(H2,13,16). The summed E-state index contributed by atoms with van der Waals surface area (Å²) in [5.74, 6) is 1.09. The maximum Gasteiger partial charge on any atom is 0.172 e. The van der Waals surface area contributed by atoms with E-state index in [-0.39, 0.29) is 0 Å². The van der Waals surface area contributed by atoms with Gasteiger partial charge in [0, 0.05) is 23.5 Å². The normalized spacial score (nSPS) is 10.9. The van der Waals surface area contributed by atoms with Crippen molar-refractivity contribution in [2.45, 2.75) is 6.92 Å². The van der Waals surface area contributed by atoms with Crippen molar-refractivity contribution in [3.63, 3.8) is 0 Å². The summed E-state index contributed by atoms with van der Waals surface area (Å²) in [6.07, 6.45) is 3.33. The van der Waals surface area contributed by atoms with Crippen LogP contribution in [0.3, 0.4) is 0 Å². The highest BCUT2D eigenvalue weighted by Crippen LogP contribution is 2.28. The fraction of sp³-hybridized carbons (Fsp3) is 0.0833. The van der Waals surface area contributed by atoms with Crippen LogP contribution in [0.1, 0.15) is 5.56 Å². The van der Waals surface area contributed by atoms with E-state index in [1.54, 1.807) is 12.4 Å². The number of rotatable bonds is 1. The van der Waals surface area contributed by atoms with Gasteiger partial charge in [-0.1, -0.05) is 5.16 Å². The van der Waals surface area contributed by atoms with Crippen LogP contribution in [0, 0.1) is 6.92 Å². The topological polar surface area (TPSA) is 77.8 Å². The third kappa shape index (κ3) is 1.52. The lowest BCUT2D eigenvalue weighted by molar-refractivity contribution is 0.435. The van der Waals surface area contributed by atoms with E-state index in [4.69, 9.17) is 10.3 Å². The number of fused-ring (bicyclic) bond motifs is 1. The van der Waals surface area contributed by atoms with Gasteiger partial charge >= 0.3 is 0 Å². The first-order valence-corrected chi connectivity index (χ1v) is 5.18. The van der Waals surface area contributed by atoms with Crippen molar-refractivity contribution in [3.05, 3.63) is 36.2 Å². The number of nitrogens with two attached hydrogens (primary N) is 1. The van der Waals surface area contributed by atoms with E-state index in [1.165, 1.54) is 0 Å². The van der Waals surface area contributed by atoms with Gasteiger partial charge in [-0.3, -0.25) is 9.97 Å². The smallest absolute Gasteiger partial charge is 0.172 e. The molecule has 0 saturated carbocycles. The summed E-state index contributed by atoms with van der Waals surface area (Å²) in [5.41, 5.74) is 9.07. The molecule has 0 radical (unpaired) electrons. The molecule has 1 aromatic carbocycles. The predicted octanol–water partition coefficient (Wildman–Crippen LogP) is 2.18. The number of anilines is 1. The minimum atomic E-state index is 0.416. The van der Waals surface area contributed by atoms with E-state index in [9.17, 15) is 0 Å². The van der Waals surface area contributed by atoms with Crippen molar-refractivity contribution in [2.24, 2.45) is 0 Å². The molecule has 5 heteroatoms. The van der Waals surface area contributed by atoms with E-state index < -0.39 is 0 Å². The van der Waals surface area contributed by atoms with Crippen LogP contribution in [0.25, 0.3) is 22.4 Å². The second-order valence-electron chi connectivity index (χ2n) is 3.78. The summed E-state index contributed by atoms with van der Waals surface area (Å²) in [4.78, 5) is 8.46. The van der Waals surface area contributed by atoms with Gasteiger partial charge in [0.1, 0.15) is 0 Å². The number of nitrogen functional groups attached to an aromatic ring is 1. The molecule has 2 heterocycles. The van der Waals surface area contributed by atoms with E-state index in [1.807, 2.05) is 25.1 Å². The molecule has 3 rings (SSSR count). The van der Waals surface area contributed by atoms with Crippen molar-refractivity contribution in [3.8, 4) is 11.3 Å². The quantitative estimate of drug-likeness (QED) is 0.688. The first kappa shape index (κ1) is 9.77. The molecule has 17 heavy (non-hydrogen) atoms. The number of benzene rings is 1. The summed E-state index contributed by atoms with van der Waals surface area (Å²) in [6, 6.07) is 5.73. The monoisotopic (exact) mass is 226 g/mol. The molecule has 0 unspecified atom stereocenters. The first-order valence-electron chi connectivity index (χ1n) is 5.18. The molecule has 2 aromatic heterocycles. The zero-order chi connectivity index (χ0) is 11.8. The summed E-state index contributed by atoms with van der Waals surface area (Å²) >= 11 is 0. The third-order valence-electron chi connectivity index (χ3n) is 2.69. The molecule has 0 spiro atoms. The van der Waals surface area contributed by atoms with Gasteiger partial charge in [-0.2, -0.15) is 0 Å². The first-order chi connectivity index (χ1) is 8.25. The molecule has 0 aliphatic rings. The van der Waals surface area contributed by atoms with Crippen molar-refractivity contribution in [1.29, 1.82) is 0 Å². The molecule has 84 valence electrons. The number of nitrogens with zero attached hydrogens (tertiary/aromatic N) is 3. The molecule has 0 atom stereocenters. The Balaban J connectivity index is 2.21. The SMILES string of the molecule is Cc1c(N)noc1-c1ccc2nccnc2c1. The van der Waals surface area contributed by atoms with Crippen LogP contribution < -0.4 is 5.73 Å². The van der Waals surface area contributed by atoms with Crippen LogP contribution in [0.15, 0.2) is 35.1 Å². The van der Waals surface area contributed by atoms with Crippen LogP contribution >= 0.6 is 0 Å². The van der Waals surface area contributed by atoms with Gasteiger partial charge in [-0.15, -0.1) is 0 Å². The van der Waals surface area contributed by atoms with Gasteiger partial charge in [-0.25, -0.2) is 0 Å². The lowest BCUT2D eigenvalue weighted by Gasteiger charge is -1.99. The van der Waals surface area contributed by atoms with Gasteiger partial charge in [0.25, 0.3) is 0 Å². The van der Waals surface area contributed by atoms with E-state index >= 15 is 0 Å². The minimum absolute atomic E-state index is 0.416. The van der Waals surface area contributed by atoms with Gasteiger partial charge in [0.2, 0.25) is 0 Å². The fourth-order valence-electron chi connectivity index (χ4n) is 1.72. The molecular weight excluding hydrogens is 216 g/mol. The molecule has 0 saturated heterocycles. The lowest BCUT2D eigenvalue weighted by Crippen LogP contribution is -1.87. The van der Waals surface area contributed by atoms with Crippen LogP contribution in [0.5, 0.6) is 0 Å². The highest BCUT2D eigenvalue weighted by molar-refractivity contribution is 5.81. The van der Waals surface area contributed by atoms with Gasteiger partial charge < -0.3 is 10.3 Å². The van der Waals surface area contributed by atoms with E-state index in [0.717, 1.165) is 22.2 Å². The van der Waals surface area contributed by atoms with Gasteiger partial charge in [0.05, 0.1) is 11.0 Å². The Bertz CT molecular complexity index is 690. The zero-order valence-electron chi connectivity index (χ0n) is 9.21. The summed E-state index contributed by atoms with van der Waals surface area (Å²) in [7, 11) is 0. The van der Waals surface area contributed by atoms with Crippen molar-refractivity contribution in [1.82, 2.24) is 15.1 Å². The predicted molar refractivity (Wildman–Crippen MR) is 64.2 cm³/mol. The zero-order valence-corrected chi connectivity index (χ0v) is 9.21. The number of hydrogen-bond donors (Lipinski definition) is 1. The summed E-state index contributed by atoms with van der Waals surface area (Å²) in [6.45, 7) is 1.88. The molecular formula is C12H10N4O. The fourth-order valence-corrected chi connectivity index (χ4v) is 1.72. The third-order valence-corrected chi connectivity index (χ3v) is 2.69. The average Bonchev–Trinajstić information content (AvgIpc) is 2.70. The van der Waals surface area contributed by atoms with E-state index in [0.29, 0.717) is 11.6 Å². The Morgan fingerprint density at radius 3 is 2.59 bits per heavy atom. The van der Waals surface area contributed by atoms with Crippen LogP contribution in [0.2, 0.25) is 0 Å². The Morgan fingerprint density at radius 2 is 1.88 bits per heavy atom. The van der Waals surface area contributed by atoms with Crippen LogP contribution in [-0.2, 0) is 0 Å². The number of aromatic nitrogens is 3. The Hall–Kier alpha value is -2.43. The Kier molecular flexibility index (Phi) is 2.04. The average molecular weight is 226 g/mol. The van der Waals surface area contributed by atoms with Crippen molar-refractivity contribution >= 4 is 16.9 Å². The van der Waals surface area contributed by atoms with Crippen LogP contribution in [-0.4, -0.2) is 15.1 Å². The number of hydrogen-bond acceptors (Lipinski definition) is 5. The maximum absolute atomic E-state index is 5.66. The van der Waals surface area contributed by atoms with Crippen molar-refractivity contribution < 1.29 is 4.52 Å². The molecule has 3 aromatic rings. The highest BCUT2D eigenvalue weighted by Gasteiger charge is 2.12. The maximum atomic E-state index is 5.66. The molecule has 5 nitrogen and oxygen atoms in total. The molecule has 0 bridgehead atoms. The lowest BCUT2D eigenvalue weighted by atomic mass is 10.1. The second-order valence-corrected chi connectivity index (χ2v) is 3.78. The molecule has 0 aliphatic carbocycles. The van der Waals surface area contributed by atoms with E-state index in [2.05, 4.69) is 15.1 Å². The highest BCUT2D eigenvalue weighted by atomic mass is 16.5.